The van der Waals surface area contributed by atoms with Crippen LogP contribution >= 0.6 is 11.6 Å². The fourth-order valence-electron chi connectivity index (χ4n) is 3.56. The molecule has 150 valence electrons. The molecule has 0 atom stereocenters. The fraction of sp³-hybridized carbons (Fsp3) is 0.217. The van der Waals surface area contributed by atoms with Crippen molar-refractivity contribution in [1.29, 1.82) is 0 Å². The van der Waals surface area contributed by atoms with Crippen molar-refractivity contribution in [1.82, 2.24) is 4.31 Å². The van der Waals surface area contributed by atoms with E-state index in [1.165, 1.54) is 0 Å². The second-order valence-electron chi connectivity index (χ2n) is 7.22. The maximum atomic E-state index is 13.1. The van der Waals surface area contributed by atoms with Gasteiger partial charge in [-0.05, 0) is 47.9 Å². The average Bonchev–Trinajstić information content (AvgIpc) is 2.76. The van der Waals surface area contributed by atoms with Crippen LogP contribution in [-0.2, 0) is 10.0 Å². The van der Waals surface area contributed by atoms with Crippen LogP contribution in [0.15, 0.2) is 77.7 Å². The minimum absolute atomic E-state index is 0.337. The number of hydrogen-bond acceptors (Lipinski definition) is 3. The van der Waals surface area contributed by atoms with Gasteiger partial charge < -0.3 is 4.90 Å². The van der Waals surface area contributed by atoms with Gasteiger partial charge in [-0.1, -0.05) is 60.1 Å². The van der Waals surface area contributed by atoms with Crippen molar-refractivity contribution in [2.24, 2.45) is 0 Å². The molecule has 0 amide bonds. The Hall–Kier alpha value is -2.34. The summed E-state index contributed by atoms with van der Waals surface area (Å²) in [6, 6.07) is 23.0. The van der Waals surface area contributed by atoms with Gasteiger partial charge in [-0.25, -0.2) is 8.42 Å². The summed E-state index contributed by atoms with van der Waals surface area (Å²) in [7, 11) is -3.50. The van der Waals surface area contributed by atoms with Crippen LogP contribution in [-0.4, -0.2) is 38.9 Å². The topological polar surface area (TPSA) is 40.6 Å². The highest BCUT2D eigenvalue weighted by molar-refractivity contribution is 7.89. The average molecular weight is 427 g/mol. The number of rotatable bonds is 4. The van der Waals surface area contributed by atoms with Gasteiger partial charge in [-0.2, -0.15) is 4.31 Å². The van der Waals surface area contributed by atoms with Crippen LogP contribution < -0.4 is 4.90 Å². The summed E-state index contributed by atoms with van der Waals surface area (Å²) >= 11 is 6.24. The molecular weight excluding hydrogens is 404 g/mol. The second-order valence-corrected chi connectivity index (χ2v) is 9.56. The third kappa shape index (κ3) is 4.17. The molecule has 0 aromatic heterocycles. The Morgan fingerprint density at radius 2 is 1.41 bits per heavy atom. The standard InChI is InChI=1S/C23H23ClN2O2S/c1-18-7-10-21(17-23(18)24)25-13-15-26(16-14-25)29(27,28)22-11-8-20(9-12-22)19-5-3-2-4-6-19/h2-12,17H,13-16H2,1H3. The molecule has 6 heteroatoms. The van der Waals surface area contributed by atoms with Crippen LogP contribution in [0, 0.1) is 6.92 Å². The van der Waals surface area contributed by atoms with Gasteiger partial charge in [0.25, 0.3) is 0 Å². The predicted molar refractivity (Wildman–Crippen MR) is 119 cm³/mol. The maximum Gasteiger partial charge on any atom is 0.243 e. The van der Waals surface area contributed by atoms with Crippen LogP contribution in [0.2, 0.25) is 5.02 Å². The number of benzene rings is 3. The maximum absolute atomic E-state index is 13.1. The zero-order chi connectivity index (χ0) is 20.4. The van der Waals surface area contributed by atoms with Gasteiger partial charge in [-0.3, -0.25) is 0 Å². The molecule has 4 nitrogen and oxygen atoms in total. The lowest BCUT2D eigenvalue weighted by atomic mass is 10.1. The lowest BCUT2D eigenvalue weighted by molar-refractivity contribution is 0.385. The number of hydrogen-bond donors (Lipinski definition) is 0. The molecule has 1 saturated heterocycles. The van der Waals surface area contributed by atoms with Gasteiger partial charge in [-0.15, -0.1) is 0 Å². The van der Waals surface area contributed by atoms with Crippen molar-refractivity contribution >= 4 is 27.3 Å². The third-order valence-corrected chi connectivity index (χ3v) is 7.68. The smallest absolute Gasteiger partial charge is 0.243 e. The lowest BCUT2D eigenvalue weighted by Gasteiger charge is -2.35. The molecule has 0 bridgehead atoms. The van der Waals surface area contributed by atoms with Gasteiger partial charge >= 0.3 is 0 Å². The molecule has 0 saturated carbocycles. The van der Waals surface area contributed by atoms with E-state index in [9.17, 15) is 8.42 Å². The van der Waals surface area contributed by atoms with Crippen LogP contribution in [0.5, 0.6) is 0 Å². The van der Waals surface area contributed by atoms with Crippen molar-refractivity contribution in [3.63, 3.8) is 0 Å². The number of sulfonamides is 1. The summed E-state index contributed by atoms with van der Waals surface area (Å²) in [4.78, 5) is 2.51. The molecule has 0 unspecified atom stereocenters. The molecular formula is C23H23ClN2O2S. The van der Waals surface area contributed by atoms with E-state index >= 15 is 0 Å². The van der Waals surface area contributed by atoms with Gasteiger partial charge in [0.05, 0.1) is 4.90 Å². The molecule has 1 heterocycles. The van der Waals surface area contributed by atoms with Crippen LogP contribution in [0.25, 0.3) is 11.1 Å². The first-order valence-electron chi connectivity index (χ1n) is 9.62. The normalized spacial score (nSPS) is 15.4. The highest BCUT2D eigenvalue weighted by atomic mass is 35.5. The molecule has 1 aliphatic rings. The third-order valence-electron chi connectivity index (χ3n) is 5.36. The Morgan fingerprint density at radius 1 is 0.793 bits per heavy atom. The molecule has 1 aliphatic heterocycles. The van der Waals surface area contributed by atoms with Crippen LogP contribution in [0.3, 0.4) is 0 Å². The predicted octanol–water partition coefficient (Wildman–Crippen LogP) is 4.83. The van der Waals surface area contributed by atoms with Gasteiger partial charge in [0.2, 0.25) is 10.0 Å². The lowest BCUT2D eigenvalue weighted by Crippen LogP contribution is -2.48. The summed E-state index contributed by atoms with van der Waals surface area (Å²) in [6.07, 6.45) is 0. The van der Waals surface area contributed by atoms with E-state index in [1.807, 2.05) is 67.6 Å². The zero-order valence-electron chi connectivity index (χ0n) is 16.3. The molecule has 0 spiro atoms. The molecule has 29 heavy (non-hydrogen) atoms. The first-order chi connectivity index (χ1) is 13.9. The Bertz CT molecular complexity index is 1090. The first kappa shape index (κ1) is 20.0. The zero-order valence-corrected chi connectivity index (χ0v) is 17.8. The minimum atomic E-state index is -3.50. The number of aryl methyl sites for hydroxylation is 1. The van der Waals surface area contributed by atoms with Crippen LogP contribution in [0.1, 0.15) is 5.56 Å². The highest BCUT2D eigenvalue weighted by Gasteiger charge is 2.28. The summed E-state index contributed by atoms with van der Waals surface area (Å²) < 4.78 is 27.7. The van der Waals surface area contributed by atoms with Gasteiger partial charge in [0.15, 0.2) is 0 Å². The van der Waals surface area contributed by atoms with Crippen molar-refractivity contribution in [2.45, 2.75) is 11.8 Å². The molecule has 0 aliphatic carbocycles. The van der Waals surface area contributed by atoms with Crippen molar-refractivity contribution in [3.05, 3.63) is 83.4 Å². The van der Waals surface area contributed by atoms with E-state index in [4.69, 9.17) is 11.6 Å². The largest absolute Gasteiger partial charge is 0.369 e. The SMILES string of the molecule is Cc1ccc(N2CCN(S(=O)(=O)c3ccc(-c4ccccc4)cc3)CC2)cc1Cl. The van der Waals surface area contributed by atoms with Crippen molar-refractivity contribution in [3.8, 4) is 11.1 Å². The quantitative estimate of drug-likeness (QED) is 0.600. The van der Waals surface area contributed by atoms with E-state index in [-0.39, 0.29) is 0 Å². The first-order valence-corrected chi connectivity index (χ1v) is 11.4. The summed E-state index contributed by atoms with van der Waals surface area (Å²) in [6.45, 7) is 4.16. The molecule has 4 rings (SSSR count). The van der Waals surface area contributed by atoms with Crippen molar-refractivity contribution in [2.75, 3.05) is 31.1 Å². The summed E-state index contributed by atoms with van der Waals surface area (Å²) in [5, 5.41) is 0.732. The molecule has 0 radical (unpaired) electrons. The number of anilines is 1. The second kappa shape index (κ2) is 8.19. The molecule has 0 N–H and O–H groups in total. The molecule has 3 aromatic carbocycles. The minimum Gasteiger partial charge on any atom is -0.369 e. The van der Waals surface area contributed by atoms with Gasteiger partial charge in [0.1, 0.15) is 0 Å². The Balaban J connectivity index is 1.46. The van der Waals surface area contributed by atoms with E-state index < -0.39 is 10.0 Å². The Morgan fingerprint density at radius 3 is 2.03 bits per heavy atom. The van der Waals surface area contributed by atoms with Gasteiger partial charge in [0, 0.05) is 36.9 Å². The Labute approximate surface area is 177 Å². The summed E-state index contributed by atoms with van der Waals surface area (Å²) in [5.41, 5.74) is 4.15. The fourth-order valence-corrected chi connectivity index (χ4v) is 5.16. The Kier molecular flexibility index (Phi) is 5.63. The van der Waals surface area contributed by atoms with E-state index in [1.54, 1.807) is 16.4 Å². The van der Waals surface area contributed by atoms with Crippen LogP contribution in [0.4, 0.5) is 5.69 Å². The number of piperazine rings is 1. The molecule has 3 aromatic rings. The monoisotopic (exact) mass is 426 g/mol. The number of nitrogens with zero attached hydrogens (tertiary/aromatic N) is 2. The van der Waals surface area contributed by atoms with E-state index in [2.05, 4.69) is 4.90 Å². The number of halogens is 1. The van der Waals surface area contributed by atoms with E-state index in [0.717, 1.165) is 27.4 Å². The molecule has 1 fully saturated rings. The van der Waals surface area contributed by atoms with E-state index in [0.29, 0.717) is 31.1 Å². The summed E-state index contributed by atoms with van der Waals surface area (Å²) in [5.74, 6) is 0. The highest BCUT2D eigenvalue weighted by Crippen LogP contribution is 2.26. The van der Waals surface area contributed by atoms with Crippen molar-refractivity contribution < 1.29 is 8.42 Å².